The fourth-order valence-corrected chi connectivity index (χ4v) is 6.64. The lowest BCUT2D eigenvalue weighted by Gasteiger charge is -2.33. The van der Waals surface area contributed by atoms with E-state index in [0.29, 0.717) is 29.9 Å². The van der Waals surface area contributed by atoms with Gasteiger partial charge in [0.15, 0.2) is 0 Å². The fourth-order valence-electron chi connectivity index (χ4n) is 6.30. The molecular formula is C41H38BrFN2O5. The molecular weight excluding hydrogens is 699 g/mol. The number of carbonyl (C=O) groups is 2. The van der Waals surface area contributed by atoms with E-state index in [1.165, 1.54) is 29.2 Å². The minimum atomic E-state index is -0.979. The van der Waals surface area contributed by atoms with Crippen LogP contribution in [0.4, 0.5) is 14.9 Å². The second-order valence-electron chi connectivity index (χ2n) is 12.3. The topological polar surface area (TPSA) is 88.1 Å². The van der Waals surface area contributed by atoms with Gasteiger partial charge in [0.25, 0.3) is 0 Å². The van der Waals surface area contributed by atoms with Gasteiger partial charge in [-0.3, -0.25) is 4.79 Å². The minimum absolute atomic E-state index is 0.0743. The van der Waals surface area contributed by atoms with Crippen LogP contribution in [0.15, 0.2) is 138 Å². The highest BCUT2D eigenvalue weighted by atomic mass is 79.9. The number of anilines is 1. The molecule has 256 valence electrons. The van der Waals surface area contributed by atoms with E-state index in [0.717, 1.165) is 21.3 Å². The van der Waals surface area contributed by atoms with Crippen molar-refractivity contribution in [3.8, 4) is 5.75 Å². The Balaban J connectivity index is 1.40. The molecule has 1 aliphatic heterocycles. The predicted molar refractivity (Wildman–Crippen MR) is 194 cm³/mol. The van der Waals surface area contributed by atoms with Crippen LogP contribution in [0.25, 0.3) is 0 Å². The van der Waals surface area contributed by atoms with Crippen molar-refractivity contribution >= 4 is 33.6 Å². The number of hydrogen-bond acceptors (Lipinski definition) is 6. The average molecular weight is 738 g/mol. The number of nitrogens with zero attached hydrogens (tertiary/aromatic N) is 1. The maximum atomic E-state index is 14.9. The number of cyclic esters (lactones) is 1. The third kappa shape index (κ3) is 8.77. The molecule has 1 heterocycles. The van der Waals surface area contributed by atoms with Crippen molar-refractivity contribution in [2.75, 3.05) is 11.9 Å². The lowest BCUT2D eigenvalue weighted by atomic mass is 9.85. The van der Waals surface area contributed by atoms with Crippen LogP contribution in [0.2, 0.25) is 0 Å². The van der Waals surface area contributed by atoms with E-state index in [4.69, 9.17) is 9.47 Å². The predicted octanol–water partition coefficient (Wildman–Crippen LogP) is 9.04. The van der Waals surface area contributed by atoms with Gasteiger partial charge in [-0.2, -0.15) is 0 Å². The van der Waals surface area contributed by atoms with Crippen LogP contribution < -0.4 is 10.1 Å². The number of rotatable bonds is 14. The fraction of sp³-hybridized carbons (Fsp3) is 0.220. The van der Waals surface area contributed by atoms with Crippen molar-refractivity contribution in [2.24, 2.45) is 5.92 Å². The number of halogens is 2. The van der Waals surface area contributed by atoms with Crippen molar-refractivity contribution in [3.05, 3.63) is 166 Å². The molecule has 7 nitrogen and oxygen atoms in total. The van der Waals surface area contributed by atoms with E-state index in [-0.39, 0.29) is 19.4 Å². The first-order chi connectivity index (χ1) is 24.4. The van der Waals surface area contributed by atoms with Crippen molar-refractivity contribution in [1.29, 1.82) is 0 Å². The SMILES string of the molecule is O=C1OC[C@H](Cc2ccccc2)N1C(=O)[C@H](CC[C@H](O)c1ccc(F)cc1)[C@H](Nc1ccccc1)c1ccc(Br)cc1OCc1ccccc1. The van der Waals surface area contributed by atoms with Crippen molar-refractivity contribution in [1.82, 2.24) is 4.90 Å². The van der Waals surface area contributed by atoms with Crippen molar-refractivity contribution in [2.45, 2.75) is 44.1 Å². The van der Waals surface area contributed by atoms with Crippen LogP contribution in [0.3, 0.4) is 0 Å². The van der Waals surface area contributed by atoms with Crippen LogP contribution in [0.1, 0.15) is 47.2 Å². The zero-order valence-corrected chi connectivity index (χ0v) is 28.9. The largest absolute Gasteiger partial charge is 0.489 e. The van der Waals surface area contributed by atoms with Gasteiger partial charge in [-0.15, -0.1) is 0 Å². The number of ether oxygens (including phenoxy) is 2. The van der Waals surface area contributed by atoms with E-state index < -0.39 is 41.9 Å². The Morgan fingerprint density at radius 1 is 0.880 bits per heavy atom. The summed E-state index contributed by atoms with van der Waals surface area (Å²) in [5.74, 6) is -1.14. The summed E-state index contributed by atoms with van der Waals surface area (Å²) in [6, 6.07) is 39.1. The molecule has 1 saturated heterocycles. The number of aliphatic hydroxyl groups excluding tert-OH is 1. The highest BCUT2D eigenvalue weighted by Crippen LogP contribution is 2.40. The van der Waals surface area contributed by atoms with Gasteiger partial charge in [-0.25, -0.2) is 14.1 Å². The molecule has 0 bridgehead atoms. The molecule has 6 rings (SSSR count). The minimum Gasteiger partial charge on any atom is -0.489 e. The van der Waals surface area contributed by atoms with Gasteiger partial charge in [0.1, 0.15) is 24.8 Å². The summed E-state index contributed by atoms with van der Waals surface area (Å²) in [7, 11) is 0. The Morgan fingerprint density at radius 2 is 1.52 bits per heavy atom. The van der Waals surface area contributed by atoms with E-state index in [1.807, 2.05) is 109 Å². The first kappa shape index (κ1) is 34.9. The monoisotopic (exact) mass is 736 g/mol. The van der Waals surface area contributed by atoms with Gasteiger partial charge >= 0.3 is 6.09 Å². The number of carbonyl (C=O) groups excluding carboxylic acids is 2. The lowest BCUT2D eigenvalue weighted by Crippen LogP contribution is -2.46. The lowest BCUT2D eigenvalue weighted by molar-refractivity contribution is -0.134. The summed E-state index contributed by atoms with van der Waals surface area (Å²) in [5, 5.41) is 14.8. The normalized spacial score (nSPS) is 15.9. The summed E-state index contributed by atoms with van der Waals surface area (Å²) in [4.78, 5) is 29.5. The van der Waals surface area contributed by atoms with E-state index >= 15 is 0 Å². The number of benzene rings is 5. The molecule has 1 fully saturated rings. The molecule has 50 heavy (non-hydrogen) atoms. The van der Waals surface area contributed by atoms with Gasteiger partial charge < -0.3 is 19.9 Å². The van der Waals surface area contributed by atoms with Crippen LogP contribution in [-0.2, 0) is 22.6 Å². The van der Waals surface area contributed by atoms with Crippen LogP contribution in [0.5, 0.6) is 5.75 Å². The molecule has 9 heteroatoms. The summed E-state index contributed by atoms with van der Waals surface area (Å²) in [5.41, 5.74) is 3.94. The Labute approximate surface area is 299 Å². The quantitative estimate of drug-likeness (QED) is 0.118. The Kier molecular flexibility index (Phi) is 11.6. The van der Waals surface area contributed by atoms with Crippen LogP contribution >= 0.6 is 15.9 Å². The van der Waals surface area contributed by atoms with E-state index in [1.54, 1.807) is 0 Å². The molecule has 0 aromatic heterocycles. The molecule has 2 amide bonds. The van der Waals surface area contributed by atoms with Crippen LogP contribution in [-0.4, -0.2) is 34.7 Å². The van der Waals surface area contributed by atoms with Crippen molar-refractivity contribution in [3.63, 3.8) is 0 Å². The van der Waals surface area contributed by atoms with Gasteiger partial charge in [-0.1, -0.05) is 113 Å². The number of imide groups is 1. The molecule has 0 spiro atoms. The number of hydrogen-bond donors (Lipinski definition) is 2. The summed E-state index contributed by atoms with van der Waals surface area (Å²) in [6.45, 7) is 0.368. The first-order valence-electron chi connectivity index (χ1n) is 16.6. The van der Waals surface area contributed by atoms with Gasteiger partial charge in [-0.05, 0) is 72.4 Å². The maximum absolute atomic E-state index is 14.9. The second-order valence-corrected chi connectivity index (χ2v) is 13.2. The van der Waals surface area contributed by atoms with Gasteiger partial charge in [0.2, 0.25) is 5.91 Å². The third-order valence-electron chi connectivity index (χ3n) is 8.88. The third-order valence-corrected chi connectivity index (χ3v) is 9.38. The number of para-hydroxylation sites is 1. The van der Waals surface area contributed by atoms with E-state index in [9.17, 15) is 19.1 Å². The average Bonchev–Trinajstić information content (AvgIpc) is 3.50. The molecule has 5 aromatic carbocycles. The molecule has 0 radical (unpaired) electrons. The zero-order chi connectivity index (χ0) is 34.9. The number of aliphatic hydroxyl groups is 1. The first-order valence-corrected chi connectivity index (χ1v) is 17.4. The van der Waals surface area contributed by atoms with Crippen molar-refractivity contribution < 1.29 is 28.6 Å². The molecule has 2 N–H and O–H groups in total. The van der Waals surface area contributed by atoms with Crippen LogP contribution in [0, 0.1) is 11.7 Å². The van der Waals surface area contributed by atoms with Gasteiger partial charge in [0.05, 0.1) is 24.1 Å². The summed E-state index contributed by atoms with van der Waals surface area (Å²) >= 11 is 3.59. The standard InChI is InChI=1S/C41H38BrFN2O5/c42-31-18-21-35(38(25-31)49-26-29-12-6-2-7-13-29)39(44-33-14-8-3-9-15-33)36(22-23-37(46)30-16-19-32(43)20-17-30)40(47)45-34(27-50-41(45)48)24-28-10-4-1-5-11-28/h1-21,25,34,36-37,39,44,46H,22-24,26-27H2/t34-,36+,37-,39+/m0/s1. The maximum Gasteiger partial charge on any atom is 0.416 e. The van der Waals surface area contributed by atoms with E-state index in [2.05, 4.69) is 21.2 Å². The Morgan fingerprint density at radius 3 is 2.20 bits per heavy atom. The molecule has 0 aliphatic carbocycles. The molecule has 4 atom stereocenters. The van der Waals surface area contributed by atoms with Gasteiger partial charge in [0, 0.05) is 15.7 Å². The highest BCUT2D eigenvalue weighted by molar-refractivity contribution is 9.10. The molecule has 1 aliphatic rings. The summed E-state index contributed by atoms with van der Waals surface area (Å²) < 4.78 is 26.4. The number of nitrogens with one attached hydrogen (secondary N) is 1. The Hall–Kier alpha value is -4.99. The zero-order valence-electron chi connectivity index (χ0n) is 27.3. The summed E-state index contributed by atoms with van der Waals surface area (Å²) in [6.07, 6.45) is -0.901. The smallest absolute Gasteiger partial charge is 0.416 e. The highest BCUT2D eigenvalue weighted by Gasteiger charge is 2.44. The molecule has 5 aromatic rings. The molecule has 0 saturated carbocycles. The molecule has 0 unspecified atom stereocenters. The second kappa shape index (κ2) is 16.6. The number of amides is 2. The Bertz CT molecular complexity index is 1860.